The van der Waals surface area contributed by atoms with Crippen molar-refractivity contribution in [2.45, 2.75) is 6.92 Å². The molecule has 21 heavy (non-hydrogen) atoms. The third-order valence-corrected chi connectivity index (χ3v) is 4.05. The van der Waals surface area contributed by atoms with Crippen LogP contribution in [0, 0.1) is 6.92 Å². The molecule has 0 N–H and O–H groups in total. The lowest BCUT2D eigenvalue weighted by Gasteiger charge is -2.19. The van der Waals surface area contributed by atoms with Gasteiger partial charge in [-0.05, 0) is 47.0 Å². The van der Waals surface area contributed by atoms with Gasteiger partial charge in [0.2, 0.25) is 11.6 Å². The molecule has 3 aromatic rings. The van der Waals surface area contributed by atoms with E-state index < -0.39 is 11.6 Å². The number of ketones is 2. The lowest BCUT2D eigenvalue weighted by Crippen LogP contribution is -2.21. The smallest absolute Gasteiger partial charge is 0.234 e. The van der Waals surface area contributed by atoms with E-state index in [0.29, 0.717) is 11.1 Å². The molecule has 1 aliphatic rings. The average Bonchev–Trinajstić information content (AvgIpc) is 2.51. The number of hydrogen-bond donors (Lipinski definition) is 0. The number of hydrogen-bond acceptors (Lipinski definition) is 2. The number of Topliss-reactive ketones (excluding diaryl/α,β-unsaturated/α-hetero) is 2. The molecular weight excluding hydrogens is 260 g/mol. The van der Waals surface area contributed by atoms with Crippen LogP contribution in [0.3, 0.4) is 0 Å². The predicted molar refractivity (Wildman–Crippen MR) is 82.8 cm³/mol. The maximum Gasteiger partial charge on any atom is 0.234 e. The van der Waals surface area contributed by atoms with Crippen molar-refractivity contribution in [1.29, 1.82) is 0 Å². The molecule has 0 bridgehead atoms. The Morgan fingerprint density at radius 3 is 1.86 bits per heavy atom. The lowest BCUT2D eigenvalue weighted by molar-refractivity contribution is 0.0815. The first-order chi connectivity index (χ1) is 10.1. The summed E-state index contributed by atoms with van der Waals surface area (Å²) in [4.78, 5) is 24.7. The van der Waals surface area contributed by atoms with Gasteiger partial charge in [0, 0.05) is 11.1 Å². The topological polar surface area (TPSA) is 34.1 Å². The largest absolute Gasteiger partial charge is 0.285 e. The van der Waals surface area contributed by atoms with E-state index in [0.717, 1.165) is 27.5 Å². The summed E-state index contributed by atoms with van der Waals surface area (Å²) in [6.07, 6.45) is 0. The summed E-state index contributed by atoms with van der Waals surface area (Å²) in [6, 6.07) is 17.4. The number of carbonyl (C=O) groups is 2. The summed E-state index contributed by atoms with van der Waals surface area (Å²) in [5, 5.41) is 2.05. The molecule has 0 fully saturated rings. The molecule has 0 saturated heterocycles. The van der Waals surface area contributed by atoms with E-state index in [1.165, 1.54) is 0 Å². The minimum atomic E-state index is -0.408. The highest BCUT2D eigenvalue weighted by Gasteiger charge is 2.30. The highest BCUT2D eigenvalue weighted by molar-refractivity contribution is 6.53. The first-order valence-corrected chi connectivity index (χ1v) is 6.88. The standard InChI is InChI=1S/C19H12O2/c1-11-6-7-14-15-9-12-4-2-3-5-13(12)10-17(15)19(21)18(20)16(14)8-11/h2-10H,1H3. The second-order valence-corrected chi connectivity index (χ2v) is 5.45. The molecule has 0 radical (unpaired) electrons. The van der Waals surface area contributed by atoms with Crippen LogP contribution in [0.15, 0.2) is 54.6 Å². The number of aryl methyl sites for hydroxylation is 1. The lowest BCUT2D eigenvalue weighted by atomic mass is 9.82. The third-order valence-electron chi connectivity index (χ3n) is 4.05. The second kappa shape index (κ2) is 4.13. The highest BCUT2D eigenvalue weighted by Crippen LogP contribution is 2.36. The summed E-state index contributed by atoms with van der Waals surface area (Å²) in [6.45, 7) is 1.92. The summed E-state index contributed by atoms with van der Waals surface area (Å²) in [7, 11) is 0. The van der Waals surface area contributed by atoms with Crippen LogP contribution in [0.5, 0.6) is 0 Å². The molecule has 0 unspecified atom stereocenters. The summed E-state index contributed by atoms with van der Waals surface area (Å²) >= 11 is 0. The van der Waals surface area contributed by atoms with Gasteiger partial charge in [-0.25, -0.2) is 0 Å². The number of rotatable bonds is 0. The van der Waals surface area contributed by atoms with Crippen molar-refractivity contribution in [3.63, 3.8) is 0 Å². The van der Waals surface area contributed by atoms with E-state index >= 15 is 0 Å². The minimum Gasteiger partial charge on any atom is -0.285 e. The van der Waals surface area contributed by atoms with Gasteiger partial charge in [-0.1, -0.05) is 42.0 Å². The zero-order valence-electron chi connectivity index (χ0n) is 11.5. The van der Waals surface area contributed by atoms with Crippen LogP contribution in [-0.4, -0.2) is 11.6 Å². The van der Waals surface area contributed by atoms with E-state index in [2.05, 4.69) is 0 Å². The molecule has 2 nitrogen and oxygen atoms in total. The maximum absolute atomic E-state index is 12.4. The van der Waals surface area contributed by atoms with Crippen LogP contribution in [0.2, 0.25) is 0 Å². The van der Waals surface area contributed by atoms with E-state index in [1.807, 2.05) is 55.5 Å². The second-order valence-electron chi connectivity index (χ2n) is 5.45. The first-order valence-electron chi connectivity index (χ1n) is 6.88. The van der Waals surface area contributed by atoms with E-state index in [9.17, 15) is 9.59 Å². The van der Waals surface area contributed by atoms with Gasteiger partial charge in [0.05, 0.1) is 0 Å². The summed E-state index contributed by atoms with van der Waals surface area (Å²) in [5.41, 5.74) is 3.72. The molecule has 0 amide bonds. The van der Waals surface area contributed by atoms with Crippen molar-refractivity contribution in [2.75, 3.05) is 0 Å². The van der Waals surface area contributed by atoms with E-state index in [1.54, 1.807) is 6.07 Å². The number of benzene rings is 3. The molecule has 2 heteroatoms. The number of fused-ring (bicyclic) bond motifs is 4. The van der Waals surface area contributed by atoms with Crippen molar-refractivity contribution in [3.05, 3.63) is 71.3 Å². The average molecular weight is 272 g/mol. The van der Waals surface area contributed by atoms with Crippen LogP contribution in [0.25, 0.3) is 21.9 Å². The Bertz CT molecular complexity index is 935. The molecule has 0 saturated carbocycles. The van der Waals surface area contributed by atoms with Gasteiger partial charge in [0.1, 0.15) is 0 Å². The predicted octanol–water partition coefficient (Wildman–Crippen LogP) is 4.19. The van der Waals surface area contributed by atoms with Crippen LogP contribution in [-0.2, 0) is 0 Å². The molecule has 3 aromatic carbocycles. The van der Waals surface area contributed by atoms with Gasteiger partial charge in [-0.2, -0.15) is 0 Å². The Kier molecular flexibility index (Phi) is 2.36. The van der Waals surface area contributed by atoms with Crippen molar-refractivity contribution >= 4 is 22.3 Å². The molecule has 100 valence electrons. The molecule has 0 heterocycles. The third kappa shape index (κ3) is 1.66. The molecular formula is C19H12O2. The molecule has 0 spiro atoms. The molecule has 1 aliphatic carbocycles. The Morgan fingerprint density at radius 2 is 1.19 bits per heavy atom. The van der Waals surface area contributed by atoms with Gasteiger partial charge >= 0.3 is 0 Å². The SMILES string of the molecule is Cc1ccc2c(c1)C(=O)C(=O)c1cc3ccccc3cc1-2. The maximum atomic E-state index is 12.4. The van der Waals surface area contributed by atoms with Gasteiger partial charge in [0.25, 0.3) is 0 Å². The van der Waals surface area contributed by atoms with E-state index in [-0.39, 0.29) is 0 Å². The van der Waals surface area contributed by atoms with Crippen molar-refractivity contribution in [3.8, 4) is 11.1 Å². The van der Waals surface area contributed by atoms with Gasteiger partial charge in [-0.3, -0.25) is 9.59 Å². The van der Waals surface area contributed by atoms with Gasteiger partial charge in [0.15, 0.2) is 0 Å². The van der Waals surface area contributed by atoms with Gasteiger partial charge < -0.3 is 0 Å². The molecule has 4 rings (SSSR count). The van der Waals surface area contributed by atoms with Crippen molar-refractivity contribution in [1.82, 2.24) is 0 Å². The highest BCUT2D eigenvalue weighted by atomic mass is 16.2. The zero-order chi connectivity index (χ0) is 14.6. The normalized spacial score (nSPS) is 13.2. The Hall–Kier alpha value is -2.74. The fraction of sp³-hybridized carbons (Fsp3) is 0.0526. The Labute approximate surface area is 122 Å². The van der Waals surface area contributed by atoms with Crippen LogP contribution in [0.1, 0.15) is 26.3 Å². The Balaban J connectivity index is 2.13. The first kappa shape index (κ1) is 12.0. The van der Waals surface area contributed by atoms with Crippen molar-refractivity contribution in [2.24, 2.45) is 0 Å². The summed E-state index contributed by atoms with van der Waals surface area (Å²) in [5.74, 6) is -0.815. The monoisotopic (exact) mass is 272 g/mol. The minimum absolute atomic E-state index is 0.406. The number of carbonyl (C=O) groups excluding carboxylic acids is 2. The van der Waals surface area contributed by atoms with Crippen LogP contribution >= 0.6 is 0 Å². The van der Waals surface area contributed by atoms with Crippen LogP contribution in [0.4, 0.5) is 0 Å². The Morgan fingerprint density at radius 1 is 0.619 bits per heavy atom. The van der Waals surface area contributed by atoms with Gasteiger partial charge in [-0.15, -0.1) is 0 Å². The molecule has 0 aliphatic heterocycles. The molecule has 0 atom stereocenters. The summed E-state index contributed by atoms with van der Waals surface area (Å²) < 4.78 is 0. The van der Waals surface area contributed by atoms with Crippen LogP contribution < -0.4 is 0 Å². The molecule has 0 aromatic heterocycles. The fourth-order valence-corrected chi connectivity index (χ4v) is 2.98. The van der Waals surface area contributed by atoms with Crippen molar-refractivity contribution < 1.29 is 9.59 Å². The quantitative estimate of drug-likeness (QED) is 0.575. The fourth-order valence-electron chi connectivity index (χ4n) is 2.98. The van der Waals surface area contributed by atoms with E-state index in [4.69, 9.17) is 0 Å². The zero-order valence-corrected chi connectivity index (χ0v) is 11.5.